The van der Waals surface area contributed by atoms with E-state index in [1.807, 2.05) is 0 Å². The number of ether oxygens (including phenoxy) is 2. The van der Waals surface area contributed by atoms with Crippen molar-refractivity contribution in [1.82, 2.24) is 14.2 Å². The van der Waals surface area contributed by atoms with E-state index in [2.05, 4.69) is 9.62 Å². The number of nitrogens with zero attached hydrogens (tertiary/aromatic N) is 2. The first-order valence-corrected chi connectivity index (χ1v) is 9.90. The van der Waals surface area contributed by atoms with E-state index in [1.54, 1.807) is 32.4 Å². The van der Waals surface area contributed by atoms with Gasteiger partial charge in [-0.15, -0.1) is 0 Å². The van der Waals surface area contributed by atoms with Crippen molar-refractivity contribution in [2.45, 2.75) is 25.7 Å². The fraction of sp³-hybridized carbons (Fsp3) is 0.688. The molecule has 1 aromatic rings. The first kappa shape index (κ1) is 19.9. The van der Waals surface area contributed by atoms with Crippen molar-refractivity contribution in [2.24, 2.45) is 7.05 Å². The van der Waals surface area contributed by atoms with Crippen LogP contribution in [-0.4, -0.2) is 69.9 Å². The van der Waals surface area contributed by atoms with Crippen LogP contribution in [0.2, 0.25) is 0 Å². The quantitative estimate of drug-likeness (QED) is 0.697. The molecule has 9 heteroatoms. The molecule has 2 rings (SSSR count). The van der Waals surface area contributed by atoms with E-state index in [0.29, 0.717) is 37.6 Å². The maximum absolute atomic E-state index is 12.7. The predicted octanol–water partition coefficient (Wildman–Crippen LogP) is 0.429. The summed E-state index contributed by atoms with van der Waals surface area (Å²) in [5.41, 5.74) is 1.20. The number of esters is 1. The van der Waals surface area contributed by atoms with Gasteiger partial charge in [0.15, 0.2) is 0 Å². The molecule has 2 heterocycles. The van der Waals surface area contributed by atoms with Crippen LogP contribution >= 0.6 is 0 Å². The minimum Gasteiger partial charge on any atom is -0.461 e. The number of carbonyl (C=O) groups excluding carboxylic acids is 1. The van der Waals surface area contributed by atoms with E-state index in [-0.39, 0.29) is 17.2 Å². The average Bonchev–Trinajstić information content (AvgIpc) is 2.78. The van der Waals surface area contributed by atoms with Gasteiger partial charge in [0.05, 0.1) is 19.8 Å². The van der Waals surface area contributed by atoms with Gasteiger partial charge in [-0.1, -0.05) is 0 Å². The van der Waals surface area contributed by atoms with Gasteiger partial charge in [0.2, 0.25) is 10.0 Å². The van der Waals surface area contributed by atoms with E-state index in [1.165, 1.54) is 0 Å². The molecule has 0 saturated carbocycles. The molecular formula is C16H27N3O5S. The summed E-state index contributed by atoms with van der Waals surface area (Å²) in [4.78, 5) is 14.4. The maximum atomic E-state index is 12.7. The minimum atomic E-state index is -3.71. The Morgan fingerprint density at radius 3 is 2.52 bits per heavy atom. The van der Waals surface area contributed by atoms with Crippen molar-refractivity contribution in [2.75, 3.05) is 46.0 Å². The topological polar surface area (TPSA) is 89.9 Å². The molecule has 0 atom stereocenters. The van der Waals surface area contributed by atoms with Crippen LogP contribution in [0.3, 0.4) is 0 Å². The van der Waals surface area contributed by atoms with Gasteiger partial charge in [0.1, 0.15) is 10.6 Å². The largest absolute Gasteiger partial charge is 0.461 e. The lowest BCUT2D eigenvalue weighted by Crippen LogP contribution is -2.41. The van der Waals surface area contributed by atoms with Crippen molar-refractivity contribution >= 4 is 16.0 Å². The fourth-order valence-corrected chi connectivity index (χ4v) is 4.60. The third kappa shape index (κ3) is 4.41. The zero-order chi connectivity index (χ0) is 18.6. The lowest BCUT2D eigenvalue weighted by molar-refractivity contribution is 0.0390. The summed E-state index contributed by atoms with van der Waals surface area (Å²) < 4.78 is 40.0. The molecule has 1 aromatic heterocycles. The van der Waals surface area contributed by atoms with Crippen LogP contribution in [0.25, 0.3) is 0 Å². The van der Waals surface area contributed by atoms with Gasteiger partial charge in [-0.05, 0) is 20.8 Å². The Labute approximate surface area is 149 Å². The number of hydrogen-bond acceptors (Lipinski definition) is 6. The Morgan fingerprint density at radius 1 is 1.28 bits per heavy atom. The highest BCUT2D eigenvalue weighted by Crippen LogP contribution is 2.26. The standard InChI is InChI=1S/C16H27N3O5S/c1-5-24-16(20)14-12(2)15(13(3)18(14)4)25(21,22)17-6-7-19-8-10-23-11-9-19/h17H,5-11H2,1-4H3. The number of aromatic nitrogens is 1. The van der Waals surface area contributed by atoms with Gasteiger partial charge in [-0.25, -0.2) is 17.9 Å². The summed E-state index contributed by atoms with van der Waals surface area (Å²) in [5, 5.41) is 0. The summed E-state index contributed by atoms with van der Waals surface area (Å²) in [6.45, 7) is 9.16. The number of nitrogens with one attached hydrogen (secondary N) is 1. The molecule has 1 fully saturated rings. The summed E-state index contributed by atoms with van der Waals surface area (Å²) in [6.07, 6.45) is 0. The smallest absolute Gasteiger partial charge is 0.355 e. The second-order valence-electron chi connectivity index (χ2n) is 6.02. The molecule has 25 heavy (non-hydrogen) atoms. The van der Waals surface area contributed by atoms with Crippen LogP contribution in [0, 0.1) is 13.8 Å². The molecule has 0 spiro atoms. The molecule has 0 unspecified atom stereocenters. The maximum Gasteiger partial charge on any atom is 0.355 e. The molecule has 1 N–H and O–H groups in total. The highest BCUT2D eigenvalue weighted by Gasteiger charge is 2.29. The van der Waals surface area contributed by atoms with Crippen LogP contribution in [0.1, 0.15) is 28.7 Å². The second kappa shape index (κ2) is 8.31. The van der Waals surface area contributed by atoms with Crippen molar-refractivity contribution in [1.29, 1.82) is 0 Å². The first-order valence-electron chi connectivity index (χ1n) is 8.42. The molecule has 142 valence electrons. The van der Waals surface area contributed by atoms with Crippen LogP contribution in [0.4, 0.5) is 0 Å². The zero-order valence-electron chi connectivity index (χ0n) is 15.3. The zero-order valence-corrected chi connectivity index (χ0v) is 16.1. The SMILES string of the molecule is CCOC(=O)c1c(C)c(S(=O)(=O)NCCN2CCOCC2)c(C)n1C. The Balaban J connectivity index is 2.15. The Hall–Kier alpha value is -1.42. The van der Waals surface area contributed by atoms with E-state index < -0.39 is 16.0 Å². The molecule has 1 aliphatic heterocycles. The van der Waals surface area contributed by atoms with Crippen molar-refractivity contribution in [3.63, 3.8) is 0 Å². The highest BCUT2D eigenvalue weighted by molar-refractivity contribution is 7.89. The van der Waals surface area contributed by atoms with Crippen LogP contribution in [0.15, 0.2) is 4.90 Å². The van der Waals surface area contributed by atoms with E-state index >= 15 is 0 Å². The number of hydrogen-bond donors (Lipinski definition) is 1. The summed E-state index contributed by atoms with van der Waals surface area (Å²) >= 11 is 0. The monoisotopic (exact) mass is 373 g/mol. The summed E-state index contributed by atoms with van der Waals surface area (Å²) in [5.74, 6) is -0.514. The Bertz CT molecular complexity index is 721. The molecular weight excluding hydrogens is 346 g/mol. The van der Waals surface area contributed by atoms with E-state index in [0.717, 1.165) is 13.1 Å². The third-order valence-electron chi connectivity index (χ3n) is 4.42. The summed E-state index contributed by atoms with van der Waals surface area (Å²) in [7, 11) is -2.04. The lowest BCUT2D eigenvalue weighted by Gasteiger charge is -2.26. The van der Waals surface area contributed by atoms with Crippen LogP contribution < -0.4 is 4.72 Å². The van der Waals surface area contributed by atoms with Gasteiger partial charge < -0.3 is 14.0 Å². The minimum absolute atomic E-state index is 0.153. The van der Waals surface area contributed by atoms with Gasteiger partial charge in [-0.3, -0.25) is 4.90 Å². The van der Waals surface area contributed by atoms with E-state index in [9.17, 15) is 13.2 Å². The number of rotatable bonds is 7. The number of carbonyl (C=O) groups is 1. The van der Waals surface area contributed by atoms with Crippen molar-refractivity contribution in [3.05, 3.63) is 17.0 Å². The van der Waals surface area contributed by atoms with Gasteiger partial charge in [-0.2, -0.15) is 0 Å². The van der Waals surface area contributed by atoms with Crippen molar-refractivity contribution < 1.29 is 22.7 Å². The number of morpholine rings is 1. The third-order valence-corrected chi connectivity index (χ3v) is 6.15. The van der Waals surface area contributed by atoms with Gasteiger partial charge in [0, 0.05) is 44.5 Å². The molecule has 0 amide bonds. The van der Waals surface area contributed by atoms with Crippen molar-refractivity contribution in [3.8, 4) is 0 Å². The molecule has 0 radical (unpaired) electrons. The second-order valence-corrected chi connectivity index (χ2v) is 7.72. The molecule has 1 aliphatic rings. The first-order chi connectivity index (χ1) is 11.8. The molecule has 0 aliphatic carbocycles. The molecule has 1 saturated heterocycles. The Morgan fingerprint density at radius 2 is 1.92 bits per heavy atom. The lowest BCUT2D eigenvalue weighted by atomic mass is 10.2. The van der Waals surface area contributed by atoms with Gasteiger partial charge >= 0.3 is 5.97 Å². The average molecular weight is 373 g/mol. The van der Waals surface area contributed by atoms with Crippen LogP contribution in [-0.2, 0) is 26.5 Å². The highest BCUT2D eigenvalue weighted by atomic mass is 32.2. The van der Waals surface area contributed by atoms with Gasteiger partial charge in [0.25, 0.3) is 0 Å². The molecule has 0 bridgehead atoms. The number of sulfonamides is 1. The van der Waals surface area contributed by atoms with E-state index in [4.69, 9.17) is 9.47 Å². The molecule has 8 nitrogen and oxygen atoms in total. The Kier molecular flexibility index (Phi) is 6.61. The molecule has 0 aromatic carbocycles. The predicted molar refractivity (Wildman–Crippen MR) is 93.3 cm³/mol. The normalized spacial score (nSPS) is 16.2. The fourth-order valence-electron chi connectivity index (χ4n) is 3.07. The van der Waals surface area contributed by atoms with Crippen LogP contribution in [0.5, 0.6) is 0 Å². The summed E-state index contributed by atoms with van der Waals surface area (Å²) in [6, 6.07) is 0.